The molecule has 0 aliphatic heterocycles. The van der Waals surface area contributed by atoms with E-state index >= 15 is 0 Å². The summed E-state index contributed by atoms with van der Waals surface area (Å²) in [6, 6.07) is 8.29. The number of esters is 1. The van der Waals surface area contributed by atoms with Gasteiger partial charge >= 0.3 is 5.97 Å². The second kappa shape index (κ2) is 6.60. The van der Waals surface area contributed by atoms with E-state index in [9.17, 15) is 13.2 Å². The summed E-state index contributed by atoms with van der Waals surface area (Å²) in [5, 5.41) is 1.90. The van der Waals surface area contributed by atoms with Crippen molar-refractivity contribution >= 4 is 27.3 Å². The highest BCUT2D eigenvalue weighted by Gasteiger charge is 2.24. The minimum atomic E-state index is -3.68. The summed E-state index contributed by atoms with van der Waals surface area (Å²) in [6.45, 7) is 1.99. The summed E-state index contributed by atoms with van der Waals surface area (Å²) in [5.41, 5.74) is 0.807. The van der Waals surface area contributed by atoms with Crippen LogP contribution in [-0.2, 0) is 21.3 Å². The van der Waals surface area contributed by atoms with Crippen molar-refractivity contribution in [3.8, 4) is 0 Å². The lowest BCUT2D eigenvalue weighted by Crippen LogP contribution is -2.27. The van der Waals surface area contributed by atoms with Gasteiger partial charge in [-0.1, -0.05) is 12.1 Å². The topological polar surface area (TPSA) is 63.7 Å². The molecule has 1 heterocycles. The molecule has 5 nitrogen and oxygen atoms in total. The molecular weight excluding hydrogens is 322 g/mol. The van der Waals surface area contributed by atoms with Crippen molar-refractivity contribution < 1.29 is 17.9 Å². The molecule has 7 heteroatoms. The van der Waals surface area contributed by atoms with Gasteiger partial charge in [0.1, 0.15) is 0 Å². The number of thiophene rings is 1. The molecule has 0 fully saturated rings. The predicted molar refractivity (Wildman–Crippen MR) is 85.5 cm³/mol. The van der Waals surface area contributed by atoms with Crippen LogP contribution in [0, 0.1) is 6.92 Å². The number of methoxy groups -OCH3 is 1. The zero-order valence-electron chi connectivity index (χ0n) is 12.6. The van der Waals surface area contributed by atoms with E-state index in [0.717, 1.165) is 4.88 Å². The average molecular weight is 339 g/mol. The molecular formula is C15H17NO4S2. The molecule has 0 saturated heterocycles. The number of hydrogen-bond donors (Lipinski definition) is 0. The van der Waals surface area contributed by atoms with Gasteiger partial charge < -0.3 is 4.74 Å². The number of carbonyl (C=O) groups is 1. The molecule has 0 spiro atoms. The molecule has 1 aromatic carbocycles. The summed E-state index contributed by atoms with van der Waals surface area (Å²) >= 11 is 1.50. The maximum absolute atomic E-state index is 12.7. The molecule has 0 saturated carbocycles. The van der Waals surface area contributed by atoms with Crippen LogP contribution in [0.2, 0.25) is 0 Å². The number of carbonyl (C=O) groups excluding carboxylic acids is 1. The highest BCUT2D eigenvalue weighted by Crippen LogP contribution is 2.23. The maximum Gasteiger partial charge on any atom is 0.337 e. The lowest BCUT2D eigenvalue weighted by Gasteiger charge is -2.18. The maximum atomic E-state index is 12.7. The molecule has 0 amide bonds. The average Bonchev–Trinajstić information content (AvgIpc) is 2.99. The van der Waals surface area contributed by atoms with Crippen molar-refractivity contribution in [3.63, 3.8) is 0 Å². The molecule has 2 rings (SSSR count). The van der Waals surface area contributed by atoms with Crippen molar-refractivity contribution in [2.45, 2.75) is 18.4 Å². The molecule has 0 unspecified atom stereocenters. The van der Waals surface area contributed by atoms with Crippen molar-refractivity contribution in [1.82, 2.24) is 4.31 Å². The second-order valence-electron chi connectivity index (χ2n) is 4.81. The SMILES string of the molecule is COC(=O)c1ccc(C)c(S(=O)(=O)N(C)Cc2cccs2)c1. The Morgan fingerprint density at radius 1 is 1.32 bits per heavy atom. The number of ether oxygens (including phenoxy) is 1. The number of nitrogens with zero attached hydrogens (tertiary/aromatic N) is 1. The van der Waals surface area contributed by atoms with E-state index in [1.807, 2.05) is 17.5 Å². The molecule has 0 atom stereocenters. The monoisotopic (exact) mass is 339 g/mol. The van der Waals surface area contributed by atoms with Crippen molar-refractivity contribution in [2.24, 2.45) is 0 Å². The van der Waals surface area contributed by atoms with Crippen LogP contribution in [0.25, 0.3) is 0 Å². The van der Waals surface area contributed by atoms with Crippen LogP contribution in [0.1, 0.15) is 20.8 Å². The first-order valence-electron chi connectivity index (χ1n) is 6.54. The van der Waals surface area contributed by atoms with Crippen LogP contribution in [0.3, 0.4) is 0 Å². The van der Waals surface area contributed by atoms with Crippen molar-refractivity contribution in [3.05, 3.63) is 51.7 Å². The lowest BCUT2D eigenvalue weighted by molar-refractivity contribution is 0.0600. The molecule has 0 radical (unpaired) electrons. The van der Waals surface area contributed by atoms with E-state index in [0.29, 0.717) is 12.1 Å². The lowest BCUT2D eigenvalue weighted by atomic mass is 10.1. The minimum Gasteiger partial charge on any atom is -0.465 e. The van der Waals surface area contributed by atoms with Gasteiger partial charge in [-0.05, 0) is 36.1 Å². The Balaban J connectivity index is 2.37. The van der Waals surface area contributed by atoms with Gasteiger partial charge in [-0.25, -0.2) is 13.2 Å². The van der Waals surface area contributed by atoms with Gasteiger partial charge in [0, 0.05) is 18.5 Å². The van der Waals surface area contributed by atoms with Gasteiger partial charge in [0.15, 0.2) is 0 Å². The molecule has 0 aliphatic rings. The third-order valence-electron chi connectivity index (χ3n) is 3.26. The first-order valence-corrected chi connectivity index (χ1v) is 8.86. The van der Waals surface area contributed by atoms with E-state index in [4.69, 9.17) is 0 Å². The molecule has 0 aliphatic carbocycles. The summed E-state index contributed by atoms with van der Waals surface area (Å²) in [4.78, 5) is 12.7. The largest absolute Gasteiger partial charge is 0.465 e. The highest BCUT2D eigenvalue weighted by molar-refractivity contribution is 7.89. The van der Waals surface area contributed by atoms with Crippen LogP contribution in [0.5, 0.6) is 0 Å². The first-order chi connectivity index (χ1) is 10.4. The van der Waals surface area contributed by atoms with E-state index in [1.165, 1.54) is 35.9 Å². The Hall–Kier alpha value is -1.70. The minimum absolute atomic E-state index is 0.120. The number of benzene rings is 1. The summed E-state index contributed by atoms with van der Waals surface area (Å²) in [6.07, 6.45) is 0. The number of aryl methyl sites for hydroxylation is 1. The first kappa shape index (κ1) is 16.7. The summed E-state index contributed by atoms with van der Waals surface area (Å²) < 4.78 is 31.4. The smallest absolute Gasteiger partial charge is 0.337 e. The van der Waals surface area contributed by atoms with Crippen molar-refractivity contribution in [1.29, 1.82) is 0 Å². The molecule has 22 heavy (non-hydrogen) atoms. The van der Waals surface area contributed by atoms with E-state index in [1.54, 1.807) is 19.1 Å². The molecule has 0 N–H and O–H groups in total. The number of rotatable bonds is 5. The molecule has 0 bridgehead atoms. The van der Waals surface area contributed by atoms with Crippen LogP contribution >= 0.6 is 11.3 Å². The van der Waals surface area contributed by atoms with Crippen LogP contribution in [0.4, 0.5) is 0 Å². The quantitative estimate of drug-likeness (QED) is 0.786. The summed E-state index contributed by atoms with van der Waals surface area (Å²) in [7, 11) is -0.887. The number of hydrogen-bond acceptors (Lipinski definition) is 5. The Morgan fingerprint density at radius 3 is 2.64 bits per heavy atom. The molecule has 2 aromatic rings. The van der Waals surface area contributed by atoms with Gasteiger partial charge in [0.05, 0.1) is 17.6 Å². The molecule has 118 valence electrons. The third-order valence-corrected chi connectivity index (χ3v) is 6.06. The fraction of sp³-hybridized carbons (Fsp3) is 0.267. The summed E-state index contributed by atoms with van der Waals surface area (Å²) in [5.74, 6) is -0.558. The van der Waals surface area contributed by atoms with Gasteiger partial charge in [0.25, 0.3) is 0 Å². The Labute approximate surface area is 134 Å². The van der Waals surface area contributed by atoms with E-state index < -0.39 is 16.0 Å². The van der Waals surface area contributed by atoms with E-state index in [-0.39, 0.29) is 10.5 Å². The third kappa shape index (κ3) is 3.37. The predicted octanol–water partition coefficient (Wildman–Crippen LogP) is 2.66. The second-order valence-corrected chi connectivity index (χ2v) is 7.86. The van der Waals surface area contributed by atoms with Gasteiger partial charge in [0.2, 0.25) is 10.0 Å². The highest BCUT2D eigenvalue weighted by atomic mass is 32.2. The zero-order chi connectivity index (χ0) is 16.3. The Bertz CT molecular complexity index is 767. The zero-order valence-corrected chi connectivity index (χ0v) is 14.2. The normalized spacial score (nSPS) is 11.6. The Morgan fingerprint density at radius 2 is 2.05 bits per heavy atom. The Kier molecular flexibility index (Phi) is 5.00. The molecule has 1 aromatic heterocycles. The fourth-order valence-electron chi connectivity index (χ4n) is 2.00. The van der Waals surface area contributed by atoms with Crippen LogP contribution in [-0.4, -0.2) is 32.8 Å². The van der Waals surface area contributed by atoms with E-state index in [2.05, 4.69) is 4.74 Å². The van der Waals surface area contributed by atoms with Crippen LogP contribution < -0.4 is 0 Å². The standard InChI is InChI=1S/C15H17NO4S2/c1-11-6-7-12(15(17)20-3)9-14(11)22(18,19)16(2)10-13-5-4-8-21-13/h4-9H,10H2,1-3H3. The number of sulfonamides is 1. The van der Waals surface area contributed by atoms with Gasteiger partial charge in [-0.15, -0.1) is 11.3 Å². The van der Waals surface area contributed by atoms with Gasteiger partial charge in [-0.2, -0.15) is 4.31 Å². The van der Waals surface area contributed by atoms with Gasteiger partial charge in [-0.3, -0.25) is 0 Å². The van der Waals surface area contributed by atoms with Crippen molar-refractivity contribution in [2.75, 3.05) is 14.2 Å². The van der Waals surface area contributed by atoms with Crippen LogP contribution in [0.15, 0.2) is 40.6 Å². The fourth-order valence-corrected chi connectivity index (χ4v) is 4.23.